The van der Waals surface area contributed by atoms with Crippen LogP contribution in [0.1, 0.15) is 12.5 Å². The van der Waals surface area contributed by atoms with E-state index in [0.29, 0.717) is 24.8 Å². The quantitative estimate of drug-likeness (QED) is 0.300. The number of benzene rings is 1. The predicted molar refractivity (Wildman–Crippen MR) is 93.1 cm³/mol. The van der Waals surface area contributed by atoms with Crippen LogP contribution in [0.15, 0.2) is 35.3 Å². The van der Waals surface area contributed by atoms with E-state index in [2.05, 4.69) is 16.9 Å². The Hall–Kier alpha value is -1.44. The van der Waals surface area contributed by atoms with E-state index in [-0.39, 0.29) is 29.7 Å². The molecule has 0 amide bonds. The summed E-state index contributed by atoms with van der Waals surface area (Å²) >= 11 is 0. The van der Waals surface area contributed by atoms with E-state index < -0.39 is 0 Å². The first-order valence-electron chi connectivity index (χ1n) is 6.07. The summed E-state index contributed by atoms with van der Waals surface area (Å²) < 4.78 is 5.05. The molecule has 1 aromatic carbocycles. The highest BCUT2D eigenvalue weighted by atomic mass is 127. The molecule has 0 bridgehead atoms. The van der Waals surface area contributed by atoms with Crippen LogP contribution in [0.25, 0.3) is 0 Å². The van der Waals surface area contributed by atoms with Crippen LogP contribution in [0.2, 0.25) is 0 Å². The summed E-state index contributed by atoms with van der Waals surface area (Å²) in [5.41, 5.74) is 7.72. The minimum atomic E-state index is 0. The Bertz CT molecular complexity index is 475. The van der Waals surface area contributed by atoms with Crippen LogP contribution in [0.3, 0.4) is 0 Å². The zero-order chi connectivity index (χ0) is 14.3. The molecule has 20 heavy (non-hydrogen) atoms. The molecule has 0 fully saturated rings. The zero-order valence-electron chi connectivity index (χ0n) is 11.8. The van der Waals surface area contributed by atoms with Gasteiger partial charge in [-0.05, 0) is 31.0 Å². The number of hydrogen-bond donors (Lipinski definition) is 3. The number of phenols is 1. The first-order chi connectivity index (χ1) is 9.02. The Morgan fingerprint density at radius 2 is 2.20 bits per heavy atom. The molecule has 0 radical (unpaired) electrons. The number of aromatic hydroxyl groups is 1. The van der Waals surface area contributed by atoms with Crippen LogP contribution in [0.5, 0.6) is 11.5 Å². The number of hydrogen-bond acceptors (Lipinski definition) is 3. The van der Waals surface area contributed by atoms with Crippen LogP contribution in [0, 0.1) is 0 Å². The monoisotopic (exact) mass is 391 g/mol. The van der Waals surface area contributed by atoms with Gasteiger partial charge in [0.15, 0.2) is 17.5 Å². The summed E-state index contributed by atoms with van der Waals surface area (Å²) in [6.07, 6.45) is 0.764. The molecule has 0 aromatic heterocycles. The third kappa shape index (κ3) is 6.65. The van der Waals surface area contributed by atoms with E-state index in [9.17, 15) is 5.11 Å². The summed E-state index contributed by atoms with van der Waals surface area (Å²) in [5, 5.41) is 12.5. The normalized spacial score (nSPS) is 10.6. The van der Waals surface area contributed by atoms with Crippen LogP contribution >= 0.6 is 24.0 Å². The third-order valence-electron chi connectivity index (χ3n) is 2.48. The molecule has 112 valence electrons. The smallest absolute Gasteiger partial charge is 0.188 e. The van der Waals surface area contributed by atoms with Gasteiger partial charge in [-0.2, -0.15) is 0 Å². The number of nitrogens with one attached hydrogen (secondary N) is 1. The summed E-state index contributed by atoms with van der Waals surface area (Å²) in [7, 11) is 1.53. The maximum Gasteiger partial charge on any atom is 0.188 e. The number of rotatable bonds is 6. The first-order valence-corrected chi connectivity index (χ1v) is 6.07. The van der Waals surface area contributed by atoms with Gasteiger partial charge in [-0.1, -0.05) is 18.2 Å². The Morgan fingerprint density at radius 1 is 1.50 bits per heavy atom. The van der Waals surface area contributed by atoms with Crippen molar-refractivity contribution < 1.29 is 9.84 Å². The van der Waals surface area contributed by atoms with Gasteiger partial charge in [-0.25, -0.2) is 4.99 Å². The number of phenolic OH excluding ortho intramolecular Hbond substituents is 1. The second-order valence-corrected chi connectivity index (χ2v) is 4.34. The number of methoxy groups -OCH3 is 1. The maximum atomic E-state index is 9.48. The Labute approximate surface area is 136 Å². The minimum Gasteiger partial charge on any atom is -0.504 e. The largest absolute Gasteiger partial charge is 0.504 e. The van der Waals surface area contributed by atoms with Gasteiger partial charge in [0, 0.05) is 6.54 Å². The van der Waals surface area contributed by atoms with Gasteiger partial charge in [0.25, 0.3) is 0 Å². The lowest BCUT2D eigenvalue weighted by Crippen LogP contribution is -2.33. The van der Waals surface area contributed by atoms with Crippen molar-refractivity contribution in [1.29, 1.82) is 0 Å². The van der Waals surface area contributed by atoms with Crippen LogP contribution in [-0.2, 0) is 6.42 Å². The van der Waals surface area contributed by atoms with Crippen molar-refractivity contribution in [3.8, 4) is 11.5 Å². The Morgan fingerprint density at radius 3 is 2.80 bits per heavy atom. The summed E-state index contributed by atoms with van der Waals surface area (Å²) in [4.78, 5) is 4.12. The van der Waals surface area contributed by atoms with Gasteiger partial charge in [0.1, 0.15) is 0 Å². The van der Waals surface area contributed by atoms with E-state index in [1.807, 2.05) is 13.0 Å². The molecule has 1 aromatic rings. The van der Waals surface area contributed by atoms with Crippen molar-refractivity contribution in [2.45, 2.75) is 13.3 Å². The van der Waals surface area contributed by atoms with E-state index in [1.54, 1.807) is 12.1 Å². The van der Waals surface area contributed by atoms with Crippen LogP contribution < -0.4 is 15.8 Å². The Kier molecular flexibility index (Phi) is 8.78. The van der Waals surface area contributed by atoms with Gasteiger partial charge >= 0.3 is 0 Å². The van der Waals surface area contributed by atoms with Crippen molar-refractivity contribution in [3.63, 3.8) is 0 Å². The van der Waals surface area contributed by atoms with Gasteiger partial charge < -0.3 is 20.9 Å². The van der Waals surface area contributed by atoms with Gasteiger partial charge in [0.05, 0.1) is 13.7 Å². The lowest BCUT2D eigenvalue weighted by Gasteiger charge is -2.08. The fraction of sp³-hybridized carbons (Fsp3) is 0.357. The molecule has 0 atom stereocenters. The second-order valence-electron chi connectivity index (χ2n) is 4.34. The molecule has 0 spiro atoms. The number of aliphatic imine (C=N–C) groups is 1. The molecule has 0 unspecified atom stereocenters. The van der Waals surface area contributed by atoms with Gasteiger partial charge in [-0.15, -0.1) is 24.0 Å². The molecule has 5 nitrogen and oxygen atoms in total. The fourth-order valence-electron chi connectivity index (χ4n) is 1.49. The van der Waals surface area contributed by atoms with Crippen molar-refractivity contribution in [3.05, 3.63) is 35.9 Å². The molecule has 0 aliphatic rings. The molecule has 0 aliphatic heterocycles. The molecular formula is C14H22IN3O2. The second kappa shape index (κ2) is 9.46. The number of nitrogens with two attached hydrogens (primary N) is 1. The SMILES string of the molecule is C=C(C)CN=C(N)NCCc1ccc(O)c(OC)c1.I. The van der Waals surface area contributed by atoms with E-state index in [4.69, 9.17) is 10.5 Å². The average molecular weight is 391 g/mol. The summed E-state index contributed by atoms with van der Waals surface area (Å²) in [5.74, 6) is 1.02. The van der Waals surface area contributed by atoms with E-state index >= 15 is 0 Å². The third-order valence-corrected chi connectivity index (χ3v) is 2.48. The molecule has 4 N–H and O–H groups in total. The fourth-order valence-corrected chi connectivity index (χ4v) is 1.49. The standard InChI is InChI=1S/C14H21N3O2.HI/c1-10(2)9-17-14(15)16-7-6-11-4-5-12(18)13(8-11)19-3;/h4-5,8,18H,1,6-7,9H2,2-3H3,(H3,15,16,17);1H. The first kappa shape index (κ1) is 18.6. The highest BCUT2D eigenvalue weighted by Crippen LogP contribution is 2.26. The Balaban J connectivity index is 0.00000361. The highest BCUT2D eigenvalue weighted by molar-refractivity contribution is 14.0. The van der Waals surface area contributed by atoms with Gasteiger partial charge in [-0.3, -0.25) is 0 Å². The van der Waals surface area contributed by atoms with Crippen LogP contribution in [0.4, 0.5) is 0 Å². The topological polar surface area (TPSA) is 79.9 Å². The summed E-state index contributed by atoms with van der Waals surface area (Å²) in [6.45, 7) is 6.86. The van der Waals surface area contributed by atoms with Crippen LogP contribution in [-0.4, -0.2) is 31.3 Å². The van der Waals surface area contributed by atoms with Crippen molar-refractivity contribution >= 4 is 29.9 Å². The van der Waals surface area contributed by atoms with Crippen molar-refractivity contribution in [2.24, 2.45) is 10.7 Å². The summed E-state index contributed by atoms with van der Waals surface area (Å²) in [6, 6.07) is 5.27. The lowest BCUT2D eigenvalue weighted by atomic mass is 10.1. The molecule has 0 saturated carbocycles. The number of ether oxygens (including phenoxy) is 1. The molecular weight excluding hydrogens is 369 g/mol. The predicted octanol–water partition coefficient (Wildman–Crippen LogP) is 2.04. The molecule has 0 aliphatic carbocycles. The number of guanidine groups is 1. The highest BCUT2D eigenvalue weighted by Gasteiger charge is 2.02. The van der Waals surface area contributed by atoms with Gasteiger partial charge in [0.2, 0.25) is 0 Å². The molecule has 0 heterocycles. The zero-order valence-corrected chi connectivity index (χ0v) is 14.2. The van der Waals surface area contributed by atoms with E-state index in [1.165, 1.54) is 7.11 Å². The van der Waals surface area contributed by atoms with E-state index in [0.717, 1.165) is 17.6 Å². The van der Waals surface area contributed by atoms with Crippen molar-refractivity contribution in [2.75, 3.05) is 20.2 Å². The maximum absolute atomic E-state index is 9.48. The lowest BCUT2D eigenvalue weighted by molar-refractivity contribution is 0.373. The minimum absolute atomic E-state index is 0. The average Bonchev–Trinajstić information content (AvgIpc) is 2.38. The molecule has 1 rings (SSSR count). The number of halogens is 1. The molecule has 0 saturated heterocycles. The molecule has 6 heteroatoms. The van der Waals surface area contributed by atoms with Crippen molar-refractivity contribution in [1.82, 2.24) is 5.32 Å². The number of nitrogens with zero attached hydrogens (tertiary/aromatic N) is 1.